The lowest BCUT2D eigenvalue weighted by Crippen LogP contribution is -2.40. The monoisotopic (exact) mass is 237 g/mol. The fourth-order valence-electron chi connectivity index (χ4n) is 1.69. The molecular weight excluding hydrogens is 218 g/mol. The van der Waals surface area contributed by atoms with Crippen molar-refractivity contribution in [2.45, 2.75) is 32.2 Å². The van der Waals surface area contributed by atoms with Crippen molar-refractivity contribution in [3.8, 4) is 0 Å². The molecule has 0 spiro atoms. The molecule has 1 aromatic carbocycles. The minimum absolute atomic E-state index is 0.0562. The van der Waals surface area contributed by atoms with Crippen molar-refractivity contribution in [2.75, 3.05) is 11.9 Å². The van der Waals surface area contributed by atoms with Crippen LogP contribution in [0.3, 0.4) is 0 Å². The molecule has 0 saturated heterocycles. The van der Waals surface area contributed by atoms with Gasteiger partial charge in [-0.05, 0) is 37.1 Å². The number of hydrogen-bond acceptors (Lipinski definition) is 3. The Morgan fingerprint density at radius 1 is 1.24 bits per heavy atom. The highest BCUT2D eigenvalue weighted by Gasteiger charge is 2.24. The van der Waals surface area contributed by atoms with Gasteiger partial charge in [-0.2, -0.15) is 0 Å². The van der Waals surface area contributed by atoms with Crippen molar-refractivity contribution in [1.82, 2.24) is 0 Å². The SMILES string of the molecule is CCC(CC)(CO)Nc1ccc(C(=O)O)cc1. The summed E-state index contributed by atoms with van der Waals surface area (Å²) in [4.78, 5) is 10.7. The third-order valence-corrected chi connectivity index (χ3v) is 3.20. The number of anilines is 1. The molecule has 0 aliphatic carbocycles. The first-order valence-corrected chi connectivity index (χ1v) is 5.79. The van der Waals surface area contributed by atoms with Crippen molar-refractivity contribution >= 4 is 11.7 Å². The molecule has 4 heteroatoms. The van der Waals surface area contributed by atoms with Gasteiger partial charge in [0.05, 0.1) is 17.7 Å². The Labute approximate surface area is 101 Å². The van der Waals surface area contributed by atoms with Crippen LogP contribution in [-0.2, 0) is 0 Å². The number of aliphatic hydroxyl groups is 1. The summed E-state index contributed by atoms with van der Waals surface area (Å²) in [5.74, 6) is -0.934. The molecule has 1 aromatic rings. The molecule has 0 aliphatic heterocycles. The maximum atomic E-state index is 10.7. The molecule has 0 radical (unpaired) electrons. The third-order valence-electron chi connectivity index (χ3n) is 3.20. The fraction of sp³-hybridized carbons (Fsp3) is 0.462. The van der Waals surface area contributed by atoms with Crippen LogP contribution in [0.5, 0.6) is 0 Å². The summed E-state index contributed by atoms with van der Waals surface area (Å²) in [7, 11) is 0. The van der Waals surface area contributed by atoms with Gasteiger partial charge in [-0.1, -0.05) is 13.8 Å². The Kier molecular flexibility index (Phi) is 4.52. The lowest BCUT2D eigenvalue weighted by Gasteiger charge is -2.32. The molecule has 0 fully saturated rings. The number of hydrogen-bond donors (Lipinski definition) is 3. The Bertz CT molecular complexity index is 360. The first-order chi connectivity index (χ1) is 8.06. The Hall–Kier alpha value is -1.55. The summed E-state index contributed by atoms with van der Waals surface area (Å²) in [5, 5.41) is 21.5. The van der Waals surface area contributed by atoms with E-state index in [1.54, 1.807) is 24.3 Å². The van der Waals surface area contributed by atoms with E-state index in [0.717, 1.165) is 18.5 Å². The molecule has 0 aliphatic rings. The van der Waals surface area contributed by atoms with Crippen LogP contribution in [0.15, 0.2) is 24.3 Å². The number of aliphatic hydroxyl groups excluding tert-OH is 1. The van der Waals surface area contributed by atoms with Gasteiger partial charge in [0.25, 0.3) is 0 Å². The first kappa shape index (κ1) is 13.5. The van der Waals surface area contributed by atoms with Crippen LogP contribution >= 0.6 is 0 Å². The summed E-state index contributed by atoms with van der Waals surface area (Å²) in [5.41, 5.74) is 0.760. The molecule has 0 heterocycles. The van der Waals surface area contributed by atoms with Crippen LogP contribution in [-0.4, -0.2) is 28.3 Å². The highest BCUT2D eigenvalue weighted by Crippen LogP contribution is 2.22. The van der Waals surface area contributed by atoms with Crippen molar-refractivity contribution in [1.29, 1.82) is 0 Å². The average molecular weight is 237 g/mol. The molecule has 17 heavy (non-hydrogen) atoms. The predicted molar refractivity (Wildman–Crippen MR) is 67.4 cm³/mol. The number of carbonyl (C=O) groups is 1. The van der Waals surface area contributed by atoms with Crippen molar-refractivity contribution in [3.63, 3.8) is 0 Å². The summed E-state index contributed by atoms with van der Waals surface area (Å²) < 4.78 is 0. The van der Waals surface area contributed by atoms with E-state index in [-0.39, 0.29) is 17.7 Å². The van der Waals surface area contributed by atoms with Crippen LogP contribution in [0.4, 0.5) is 5.69 Å². The Morgan fingerprint density at radius 2 is 1.76 bits per heavy atom. The Morgan fingerprint density at radius 3 is 2.12 bits per heavy atom. The average Bonchev–Trinajstić information content (AvgIpc) is 2.37. The molecular formula is C13H19NO3. The molecule has 1 rings (SSSR count). The van der Waals surface area contributed by atoms with E-state index in [1.807, 2.05) is 13.8 Å². The van der Waals surface area contributed by atoms with Gasteiger partial charge in [0, 0.05) is 5.69 Å². The topological polar surface area (TPSA) is 69.6 Å². The smallest absolute Gasteiger partial charge is 0.335 e. The number of carboxylic acid groups (broad SMARTS) is 1. The van der Waals surface area contributed by atoms with Crippen LogP contribution in [0, 0.1) is 0 Å². The highest BCUT2D eigenvalue weighted by molar-refractivity contribution is 5.88. The summed E-state index contributed by atoms with van der Waals surface area (Å²) in [6.45, 7) is 4.08. The van der Waals surface area contributed by atoms with Gasteiger partial charge in [-0.25, -0.2) is 4.79 Å². The van der Waals surface area contributed by atoms with E-state index < -0.39 is 5.97 Å². The van der Waals surface area contributed by atoms with Crippen LogP contribution in [0.1, 0.15) is 37.0 Å². The second-order valence-electron chi connectivity index (χ2n) is 4.15. The zero-order chi connectivity index (χ0) is 12.9. The second kappa shape index (κ2) is 5.68. The number of aromatic carboxylic acids is 1. The van der Waals surface area contributed by atoms with E-state index >= 15 is 0 Å². The summed E-state index contributed by atoms with van der Waals surface area (Å²) in [6, 6.07) is 6.55. The molecule has 0 amide bonds. The maximum Gasteiger partial charge on any atom is 0.335 e. The minimum Gasteiger partial charge on any atom is -0.478 e. The fourth-order valence-corrected chi connectivity index (χ4v) is 1.69. The molecule has 3 N–H and O–H groups in total. The van der Waals surface area contributed by atoms with Gasteiger partial charge in [0.1, 0.15) is 0 Å². The van der Waals surface area contributed by atoms with Crippen molar-refractivity contribution in [3.05, 3.63) is 29.8 Å². The van der Waals surface area contributed by atoms with Crippen molar-refractivity contribution < 1.29 is 15.0 Å². The van der Waals surface area contributed by atoms with Crippen LogP contribution in [0.25, 0.3) is 0 Å². The molecule has 0 aromatic heterocycles. The van der Waals surface area contributed by atoms with E-state index in [1.165, 1.54) is 0 Å². The molecule has 0 bridgehead atoms. The molecule has 4 nitrogen and oxygen atoms in total. The molecule has 0 atom stereocenters. The second-order valence-corrected chi connectivity index (χ2v) is 4.15. The number of rotatable bonds is 6. The summed E-state index contributed by atoms with van der Waals surface area (Å²) in [6.07, 6.45) is 1.61. The lowest BCUT2D eigenvalue weighted by molar-refractivity contribution is 0.0697. The van der Waals surface area contributed by atoms with E-state index in [4.69, 9.17) is 5.11 Å². The van der Waals surface area contributed by atoms with Gasteiger partial charge in [0.2, 0.25) is 0 Å². The first-order valence-electron chi connectivity index (χ1n) is 5.79. The minimum atomic E-state index is -0.934. The predicted octanol–water partition coefficient (Wildman–Crippen LogP) is 2.35. The molecule has 94 valence electrons. The largest absolute Gasteiger partial charge is 0.478 e. The van der Waals surface area contributed by atoms with Crippen LogP contribution < -0.4 is 5.32 Å². The van der Waals surface area contributed by atoms with Crippen LogP contribution in [0.2, 0.25) is 0 Å². The number of nitrogens with one attached hydrogen (secondary N) is 1. The zero-order valence-electron chi connectivity index (χ0n) is 10.2. The van der Waals surface area contributed by atoms with Gasteiger partial charge >= 0.3 is 5.97 Å². The van der Waals surface area contributed by atoms with E-state index in [2.05, 4.69) is 5.32 Å². The van der Waals surface area contributed by atoms with Gasteiger partial charge in [-0.15, -0.1) is 0 Å². The standard InChI is InChI=1S/C13H19NO3/c1-3-13(4-2,9-15)14-11-7-5-10(6-8-11)12(16)17/h5-8,14-15H,3-4,9H2,1-2H3,(H,16,17). The van der Waals surface area contributed by atoms with Gasteiger partial charge in [-0.3, -0.25) is 0 Å². The van der Waals surface area contributed by atoms with Crippen molar-refractivity contribution in [2.24, 2.45) is 0 Å². The highest BCUT2D eigenvalue weighted by atomic mass is 16.4. The molecule has 0 unspecified atom stereocenters. The number of carboxylic acids is 1. The van der Waals surface area contributed by atoms with Gasteiger partial charge < -0.3 is 15.5 Å². The lowest BCUT2D eigenvalue weighted by atomic mass is 9.93. The summed E-state index contributed by atoms with van der Waals surface area (Å²) >= 11 is 0. The maximum absolute atomic E-state index is 10.7. The van der Waals surface area contributed by atoms with Gasteiger partial charge in [0.15, 0.2) is 0 Å². The molecule has 0 saturated carbocycles. The third kappa shape index (κ3) is 3.20. The normalized spacial score (nSPS) is 11.2. The zero-order valence-corrected chi connectivity index (χ0v) is 10.2. The Balaban J connectivity index is 2.84. The van der Waals surface area contributed by atoms with E-state index in [9.17, 15) is 9.90 Å². The quantitative estimate of drug-likeness (QED) is 0.710. The number of benzene rings is 1. The van der Waals surface area contributed by atoms with E-state index in [0.29, 0.717) is 0 Å².